The van der Waals surface area contributed by atoms with Crippen molar-refractivity contribution in [2.45, 2.75) is 26.4 Å². The van der Waals surface area contributed by atoms with Gasteiger partial charge in [-0.15, -0.1) is 0 Å². The van der Waals surface area contributed by atoms with Crippen LogP contribution >= 0.6 is 0 Å². The summed E-state index contributed by atoms with van der Waals surface area (Å²) in [6.07, 6.45) is 2.13. The minimum absolute atomic E-state index is 0.116. The molecule has 142 valence electrons. The van der Waals surface area contributed by atoms with Crippen LogP contribution < -0.4 is 5.32 Å². The van der Waals surface area contributed by atoms with Crippen molar-refractivity contribution in [2.75, 3.05) is 0 Å². The largest absolute Gasteiger partial charge is 0.458 e. The Labute approximate surface area is 164 Å². The van der Waals surface area contributed by atoms with Crippen LogP contribution in [0.5, 0.6) is 0 Å². The molecule has 4 nitrogen and oxygen atoms in total. The molecule has 3 aromatic carbocycles. The van der Waals surface area contributed by atoms with Crippen molar-refractivity contribution < 1.29 is 14.3 Å². The van der Waals surface area contributed by atoms with Crippen molar-refractivity contribution in [2.24, 2.45) is 0 Å². The minimum atomic E-state index is -0.549. The molecule has 0 fully saturated rings. The van der Waals surface area contributed by atoms with E-state index >= 15 is 0 Å². The van der Waals surface area contributed by atoms with Crippen molar-refractivity contribution in [3.05, 3.63) is 89.6 Å². The number of esters is 1. The number of nitrogens with one attached hydrogen (secondary N) is 1. The zero-order chi connectivity index (χ0) is 19.9. The standard InChI is InChI=1S/C24H23NO3/c1-3-17(2)28-24(27)22(25-23(26)19-11-5-4-6-12-19)16-20-14-9-13-18-10-7-8-15-21(18)20/h4-17H,3H2,1-2H3,(H,25,26)/b22-16-. The van der Waals surface area contributed by atoms with Crippen LogP contribution in [-0.4, -0.2) is 18.0 Å². The minimum Gasteiger partial charge on any atom is -0.458 e. The zero-order valence-corrected chi connectivity index (χ0v) is 16.0. The maximum atomic E-state index is 12.7. The first-order chi connectivity index (χ1) is 13.6. The molecule has 1 N–H and O–H groups in total. The van der Waals surface area contributed by atoms with Crippen LogP contribution in [0.4, 0.5) is 0 Å². The van der Waals surface area contributed by atoms with E-state index in [-0.39, 0.29) is 17.7 Å². The van der Waals surface area contributed by atoms with E-state index < -0.39 is 5.97 Å². The highest BCUT2D eigenvalue weighted by Crippen LogP contribution is 2.21. The maximum absolute atomic E-state index is 12.7. The number of benzene rings is 3. The maximum Gasteiger partial charge on any atom is 0.355 e. The Bertz CT molecular complexity index is 1000. The summed E-state index contributed by atoms with van der Waals surface area (Å²) in [4.78, 5) is 25.3. The smallest absolute Gasteiger partial charge is 0.355 e. The fourth-order valence-corrected chi connectivity index (χ4v) is 2.79. The molecule has 3 rings (SSSR count). The van der Waals surface area contributed by atoms with Gasteiger partial charge in [0.05, 0.1) is 6.10 Å². The second-order valence-corrected chi connectivity index (χ2v) is 6.57. The zero-order valence-electron chi connectivity index (χ0n) is 16.0. The predicted molar refractivity (Wildman–Crippen MR) is 112 cm³/mol. The highest BCUT2D eigenvalue weighted by molar-refractivity contribution is 6.04. The summed E-state index contributed by atoms with van der Waals surface area (Å²) < 4.78 is 5.46. The van der Waals surface area contributed by atoms with Gasteiger partial charge in [-0.2, -0.15) is 0 Å². The number of ether oxygens (including phenoxy) is 1. The van der Waals surface area contributed by atoms with Crippen LogP contribution in [0, 0.1) is 0 Å². The normalized spacial score (nSPS) is 12.4. The molecule has 4 heteroatoms. The van der Waals surface area contributed by atoms with E-state index in [4.69, 9.17) is 4.74 Å². The monoisotopic (exact) mass is 373 g/mol. The van der Waals surface area contributed by atoms with E-state index in [1.165, 1.54) is 0 Å². The van der Waals surface area contributed by atoms with Crippen molar-refractivity contribution >= 4 is 28.7 Å². The van der Waals surface area contributed by atoms with Gasteiger partial charge in [0.2, 0.25) is 0 Å². The molecular formula is C24H23NO3. The van der Waals surface area contributed by atoms with Gasteiger partial charge in [0.25, 0.3) is 5.91 Å². The fraction of sp³-hybridized carbons (Fsp3) is 0.167. The van der Waals surface area contributed by atoms with Gasteiger partial charge in [-0.25, -0.2) is 4.79 Å². The van der Waals surface area contributed by atoms with Crippen molar-refractivity contribution in [1.82, 2.24) is 5.32 Å². The Kier molecular flexibility index (Phi) is 6.22. The van der Waals surface area contributed by atoms with E-state index in [1.54, 1.807) is 30.3 Å². The quantitative estimate of drug-likeness (QED) is 0.491. The lowest BCUT2D eigenvalue weighted by Crippen LogP contribution is -2.30. The summed E-state index contributed by atoms with van der Waals surface area (Å²) in [5.74, 6) is -0.903. The van der Waals surface area contributed by atoms with Gasteiger partial charge in [-0.05, 0) is 47.9 Å². The lowest BCUT2D eigenvalue weighted by Gasteiger charge is -2.14. The molecule has 0 saturated carbocycles. The van der Waals surface area contributed by atoms with Gasteiger partial charge in [0.1, 0.15) is 5.70 Å². The lowest BCUT2D eigenvalue weighted by atomic mass is 10.0. The van der Waals surface area contributed by atoms with Crippen LogP contribution in [-0.2, 0) is 9.53 Å². The summed E-state index contributed by atoms with van der Waals surface area (Å²) in [6.45, 7) is 3.76. The first-order valence-corrected chi connectivity index (χ1v) is 9.35. The molecule has 1 amide bonds. The third-order valence-electron chi connectivity index (χ3n) is 4.51. The molecular weight excluding hydrogens is 350 g/mol. The Morgan fingerprint density at radius 1 is 0.964 bits per heavy atom. The Hall–Kier alpha value is -3.40. The number of rotatable bonds is 6. The Balaban J connectivity index is 1.98. The number of amides is 1. The molecule has 0 spiro atoms. The molecule has 0 heterocycles. The van der Waals surface area contributed by atoms with E-state index in [0.717, 1.165) is 16.3 Å². The highest BCUT2D eigenvalue weighted by Gasteiger charge is 2.18. The van der Waals surface area contributed by atoms with E-state index in [2.05, 4.69) is 5.32 Å². The third kappa shape index (κ3) is 4.65. The SMILES string of the molecule is CCC(C)OC(=O)/C(=C/c1cccc2ccccc12)NC(=O)c1ccccc1. The van der Waals surface area contributed by atoms with Crippen molar-refractivity contribution in [1.29, 1.82) is 0 Å². The highest BCUT2D eigenvalue weighted by atomic mass is 16.5. The van der Waals surface area contributed by atoms with Crippen molar-refractivity contribution in [3.8, 4) is 0 Å². The van der Waals surface area contributed by atoms with Gasteiger partial charge in [0.15, 0.2) is 0 Å². The van der Waals surface area contributed by atoms with E-state index in [1.807, 2.05) is 62.4 Å². The molecule has 0 radical (unpaired) electrons. The van der Waals surface area contributed by atoms with Crippen LogP contribution in [0.1, 0.15) is 36.2 Å². The Morgan fingerprint density at radius 3 is 2.39 bits per heavy atom. The number of carbonyl (C=O) groups excluding carboxylic acids is 2. The molecule has 0 bridgehead atoms. The summed E-state index contributed by atoms with van der Waals surface area (Å²) in [5.41, 5.74) is 1.43. The summed E-state index contributed by atoms with van der Waals surface area (Å²) in [6, 6.07) is 22.5. The van der Waals surface area contributed by atoms with Gasteiger partial charge in [-0.1, -0.05) is 67.6 Å². The van der Waals surface area contributed by atoms with Crippen LogP contribution in [0.15, 0.2) is 78.5 Å². The predicted octanol–water partition coefficient (Wildman–Crippen LogP) is 4.95. The molecule has 0 aromatic heterocycles. The molecule has 1 atom stereocenters. The first-order valence-electron chi connectivity index (χ1n) is 9.35. The molecule has 0 aliphatic rings. The second-order valence-electron chi connectivity index (χ2n) is 6.57. The molecule has 0 aliphatic carbocycles. The summed E-state index contributed by atoms with van der Waals surface area (Å²) >= 11 is 0. The molecule has 3 aromatic rings. The van der Waals surface area contributed by atoms with Gasteiger partial charge in [-0.3, -0.25) is 4.79 Å². The number of hydrogen-bond donors (Lipinski definition) is 1. The first kappa shape index (κ1) is 19.4. The Morgan fingerprint density at radius 2 is 1.64 bits per heavy atom. The second kappa shape index (κ2) is 9.00. The lowest BCUT2D eigenvalue weighted by molar-refractivity contribution is -0.143. The molecule has 1 unspecified atom stereocenters. The molecule has 0 aliphatic heterocycles. The van der Waals surface area contributed by atoms with Gasteiger partial charge >= 0.3 is 5.97 Å². The summed E-state index contributed by atoms with van der Waals surface area (Å²) in [5, 5.41) is 4.77. The average molecular weight is 373 g/mol. The number of hydrogen-bond acceptors (Lipinski definition) is 3. The van der Waals surface area contributed by atoms with Gasteiger partial charge in [0, 0.05) is 5.56 Å². The molecule has 28 heavy (non-hydrogen) atoms. The fourth-order valence-electron chi connectivity index (χ4n) is 2.79. The summed E-state index contributed by atoms with van der Waals surface area (Å²) in [7, 11) is 0. The van der Waals surface area contributed by atoms with Crippen molar-refractivity contribution in [3.63, 3.8) is 0 Å². The molecule has 0 saturated heterocycles. The number of fused-ring (bicyclic) bond motifs is 1. The van der Waals surface area contributed by atoms with Crippen LogP contribution in [0.2, 0.25) is 0 Å². The van der Waals surface area contributed by atoms with E-state index in [0.29, 0.717) is 12.0 Å². The van der Waals surface area contributed by atoms with Gasteiger partial charge < -0.3 is 10.1 Å². The average Bonchev–Trinajstić information content (AvgIpc) is 2.73. The topological polar surface area (TPSA) is 55.4 Å². The van der Waals surface area contributed by atoms with Crippen LogP contribution in [0.25, 0.3) is 16.8 Å². The third-order valence-corrected chi connectivity index (χ3v) is 4.51. The van der Waals surface area contributed by atoms with E-state index in [9.17, 15) is 9.59 Å². The van der Waals surface area contributed by atoms with Crippen LogP contribution in [0.3, 0.4) is 0 Å². The number of carbonyl (C=O) groups is 2.